The summed E-state index contributed by atoms with van der Waals surface area (Å²) in [5.74, 6) is -0.391. The summed E-state index contributed by atoms with van der Waals surface area (Å²) in [5, 5.41) is 19.9. The molecule has 0 N–H and O–H groups in total. The Morgan fingerprint density at radius 3 is 2.46 bits per heavy atom. The van der Waals surface area contributed by atoms with Crippen LogP contribution in [0.15, 0.2) is 63.1 Å². The normalized spacial score (nSPS) is 11.4. The van der Waals surface area contributed by atoms with E-state index in [4.69, 9.17) is 20.8 Å². The summed E-state index contributed by atoms with van der Waals surface area (Å²) in [4.78, 5) is 11.4. The maximum atomic E-state index is 11.4. The fourth-order valence-corrected chi connectivity index (χ4v) is 2.83. The molecule has 0 unspecified atom stereocenters. The van der Waals surface area contributed by atoms with E-state index in [1.807, 2.05) is 0 Å². The number of carboxylic acids is 1. The molecule has 6 nitrogen and oxygen atoms in total. The first-order valence-electron chi connectivity index (χ1n) is 7.39. The lowest BCUT2D eigenvalue weighted by Gasteiger charge is -2.06. The van der Waals surface area contributed by atoms with E-state index < -0.39 is 5.97 Å². The van der Waals surface area contributed by atoms with Crippen LogP contribution in [-0.2, 0) is 4.79 Å². The van der Waals surface area contributed by atoms with Gasteiger partial charge in [0.25, 0.3) is 5.22 Å². The van der Waals surface area contributed by atoms with Crippen LogP contribution in [0.1, 0.15) is 5.56 Å². The number of hydrogen-bond acceptors (Lipinski definition) is 7. The third kappa shape index (κ3) is 4.44. The predicted molar refractivity (Wildman–Crippen MR) is 96.6 cm³/mol. The second-order valence-electron chi connectivity index (χ2n) is 5.05. The van der Waals surface area contributed by atoms with Gasteiger partial charge in [-0.05, 0) is 59.8 Å². The molecular formula is C18H12ClN2O4S-. The molecule has 8 heteroatoms. The molecule has 0 amide bonds. The molecule has 1 aromatic heterocycles. The van der Waals surface area contributed by atoms with E-state index in [0.29, 0.717) is 21.9 Å². The van der Waals surface area contributed by atoms with Crippen molar-refractivity contribution in [3.05, 3.63) is 64.0 Å². The summed E-state index contributed by atoms with van der Waals surface area (Å²) < 4.78 is 10.6. The number of ether oxygens (including phenoxy) is 1. The standard InChI is InChI=1S/C18H13ClN2O4S/c1-24-14-8-2-11(3-9-14)10-15(17(22)23)26-18-21-20-16(25-18)12-4-6-13(19)7-5-12/h2-10H,1H3,(H,22,23)/p-1/b15-10+. The molecule has 132 valence electrons. The zero-order chi connectivity index (χ0) is 18.5. The highest BCUT2D eigenvalue weighted by molar-refractivity contribution is 8.03. The number of carboxylic acid groups (broad SMARTS) is 1. The van der Waals surface area contributed by atoms with Crippen LogP contribution in [0.4, 0.5) is 0 Å². The Hall–Kier alpha value is -2.77. The molecule has 1 heterocycles. The van der Waals surface area contributed by atoms with E-state index >= 15 is 0 Å². The van der Waals surface area contributed by atoms with Gasteiger partial charge in [0.1, 0.15) is 5.75 Å². The van der Waals surface area contributed by atoms with Gasteiger partial charge in [-0.3, -0.25) is 0 Å². The molecule has 2 aromatic carbocycles. The minimum atomic E-state index is -1.34. The van der Waals surface area contributed by atoms with Crippen molar-refractivity contribution in [1.29, 1.82) is 0 Å². The van der Waals surface area contributed by atoms with E-state index in [0.717, 1.165) is 11.8 Å². The monoisotopic (exact) mass is 387 g/mol. The largest absolute Gasteiger partial charge is 0.544 e. The quantitative estimate of drug-likeness (QED) is 0.473. The van der Waals surface area contributed by atoms with Crippen LogP contribution in [-0.4, -0.2) is 23.3 Å². The molecule has 0 radical (unpaired) electrons. The van der Waals surface area contributed by atoms with E-state index in [2.05, 4.69) is 10.2 Å². The molecule has 0 aliphatic heterocycles. The Morgan fingerprint density at radius 1 is 1.15 bits per heavy atom. The Kier molecular flexibility index (Phi) is 5.60. The number of aromatic nitrogens is 2. The maximum absolute atomic E-state index is 11.4. The number of carbonyl (C=O) groups excluding carboxylic acids is 1. The van der Waals surface area contributed by atoms with Gasteiger partial charge in [0, 0.05) is 15.5 Å². The van der Waals surface area contributed by atoms with E-state index in [-0.39, 0.29) is 16.0 Å². The number of halogens is 1. The van der Waals surface area contributed by atoms with Gasteiger partial charge in [-0.25, -0.2) is 0 Å². The number of carbonyl (C=O) groups is 1. The third-order valence-corrected chi connectivity index (χ3v) is 4.41. The van der Waals surface area contributed by atoms with E-state index in [1.54, 1.807) is 55.6 Å². The Morgan fingerprint density at radius 2 is 1.85 bits per heavy atom. The van der Waals surface area contributed by atoms with Gasteiger partial charge >= 0.3 is 0 Å². The average Bonchev–Trinajstić information content (AvgIpc) is 3.11. The zero-order valence-electron chi connectivity index (χ0n) is 13.5. The molecule has 0 saturated carbocycles. The zero-order valence-corrected chi connectivity index (χ0v) is 15.1. The number of nitrogens with zero attached hydrogens (tertiary/aromatic N) is 2. The van der Waals surface area contributed by atoms with Crippen molar-refractivity contribution in [2.75, 3.05) is 7.11 Å². The highest BCUT2D eigenvalue weighted by atomic mass is 35.5. The number of rotatable bonds is 6. The van der Waals surface area contributed by atoms with Crippen molar-refractivity contribution in [2.45, 2.75) is 5.22 Å². The van der Waals surface area contributed by atoms with Gasteiger partial charge in [-0.2, -0.15) is 0 Å². The number of aliphatic carboxylic acids is 1. The molecule has 26 heavy (non-hydrogen) atoms. The second kappa shape index (κ2) is 8.07. The van der Waals surface area contributed by atoms with Crippen molar-refractivity contribution in [2.24, 2.45) is 0 Å². The summed E-state index contributed by atoms with van der Waals surface area (Å²) in [5.41, 5.74) is 1.36. The minimum Gasteiger partial charge on any atom is -0.544 e. The van der Waals surface area contributed by atoms with Gasteiger partial charge in [0.15, 0.2) is 0 Å². The van der Waals surface area contributed by atoms with Crippen molar-refractivity contribution in [1.82, 2.24) is 10.2 Å². The fraction of sp³-hybridized carbons (Fsp3) is 0.0556. The van der Waals surface area contributed by atoms with E-state index in [9.17, 15) is 9.90 Å². The van der Waals surface area contributed by atoms with Crippen LogP contribution in [0, 0.1) is 0 Å². The molecule has 0 aliphatic rings. The molecule has 0 aliphatic carbocycles. The molecule has 3 aromatic rings. The summed E-state index contributed by atoms with van der Waals surface area (Å²) in [7, 11) is 1.56. The SMILES string of the molecule is COc1ccc(/C=C(/Sc2nnc(-c3ccc(Cl)cc3)o2)C(=O)[O-])cc1. The van der Waals surface area contributed by atoms with Crippen LogP contribution in [0.25, 0.3) is 17.5 Å². The smallest absolute Gasteiger partial charge is 0.281 e. The molecular weight excluding hydrogens is 376 g/mol. The van der Waals surface area contributed by atoms with Gasteiger partial charge < -0.3 is 19.1 Å². The Balaban J connectivity index is 1.81. The highest BCUT2D eigenvalue weighted by Crippen LogP contribution is 2.30. The van der Waals surface area contributed by atoms with Gasteiger partial charge in [-0.15, -0.1) is 10.2 Å². The molecule has 0 fully saturated rings. The maximum Gasteiger partial charge on any atom is 0.281 e. The van der Waals surface area contributed by atoms with Crippen LogP contribution < -0.4 is 9.84 Å². The lowest BCUT2D eigenvalue weighted by Crippen LogP contribution is -2.23. The van der Waals surface area contributed by atoms with Crippen LogP contribution >= 0.6 is 23.4 Å². The number of benzene rings is 2. The molecule has 0 saturated heterocycles. The van der Waals surface area contributed by atoms with Crippen LogP contribution in [0.5, 0.6) is 5.75 Å². The number of methoxy groups -OCH3 is 1. The Bertz CT molecular complexity index is 937. The molecule has 3 rings (SSSR count). The average molecular weight is 388 g/mol. The van der Waals surface area contributed by atoms with Gasteiger partial charge in [-0.1, -0.05) is 23.7 Å². The lowest BCUT2D eigenvalue weighted by molar-refractivity contribution is -0.298. The minimum absolute atomic E-state index is 0.0542. The second-order valence-corrected chi connectivity index (χ2v) is 6.48. The van der Waals surface area contributed by atoms with Gasteiger partial charge in [0.2, 0.25) is 5.89 Å². The Labute approximate surface area is 158 Å². The third-order valence-electron chi connectivity index (χ3n) is 3.31. The fourth-order valence-electron chi connectivity index (χ4n) is 2.04. The van der Waals surface area contributed by atoms with Crippen LogP contribution in [0.3, 0.4) is 0 Å². The lowest BCUT2D eigenvalue weighted by atomic mass is 10.2. The molecule has 0 spiro atoms. The topological polar surface area (TPSA) is 88.3 Å². The van der Waals surface area contributed by atoms with E-state index in [1.165, 1.54) is 6.08 Å². The first kappa shape index (κ1) is 18.0. The molecule has 0 bridgehead atoms. The highest BCUT2D eigenvalue weighted by Gasteiger charge is 2.12. The summed E-state index contributed by atoms with van der Waals surface area (Å²) in [6.07, 6.45) is 1.46. The van der Waals surface area contributed by atoms with Crippen molar-refractivity contribution in [3.63, 3.8) is 0 Å². The van der Waals surface area contributed by atoms with Crippen molar-refractivity contribution < 1.29 is 19.1 Å². The van der Waals surface area contributed by atoms with Crippen molar-refractivity contribution in [3.8, 4) is 17.2 Å². The first-order valence-corrected chi connectivity index (χ1v) is 8.59. The summed E-state index contributed by atoms with van der Waals surface area (Å²) in [6.45, 7) is 0. The number of hydrogen-bond donors (Lipinski definition) is 0. The van der Waals surface area contributed by atoms with Crippen molar-refractivity contribution >= 4 is 35.4 Å². The molecule has 0 atom stereocenters. The summed E-state index contributed by atoms with van der Waals surface area (Å²) >= 11 is 6.67. The van der Waals surface area contributed by atoms with Crippen LogP contribution in [0.2, 0.25) is 5.02 Å². The summed E-state index contributed by atoms with van der Waals surface area (Å²) in [6, 6.07) is 13.8. The first-order chi connectivity index (χ1) is 12.5. The van der Waals surface area contributed by atoms with Gasteiger partial charge in [0.05, 0.1) is 13.1 Å². The number of thioether (sulfide) groups is 1. The predicted octanol–water partition coefficient (Wildman–Crippen LogP) is 3.28.